The van der Waals surface area contributed by atoms with E-state index in [1.165, 1.54) is 44.9 Å². The number of rotatable bonds is 37. The van der Waals surface area contributed by atoms with Gasteiger partial charge >= 0.3 is 19.8 Å². The summed E-state index contributed by atoms with van der Waals surface area (Å²) in [5.41, 5.74) is 5.33. The average molecular weight is 776 g/mol. The van der Waals surface area contributed by atoms with Crippen molar-refractivity contribution in [1.82, 2.24) is 0 Å². The van der Waals surface area contributed by atoms with Crippen LogP contribution in [0, 0.1) is 0 Å². The van der Waals surface area contributed by atoms with Crippen LogP contribution in [0.15, 0.2) is 85.1 Å². The topological polar surface area (TPSA) is 134 Å². The molecule has 308 valence electrons. The highest BCUT2D eigenvalue weighted by molar-refractivity contribution is 7.47. The van der Waals surface area contributed by atoms with Crippen LogP contribution in [0.1, 0.15) is 149 Å². The third-order valence-corrected chi connectivity index (χ3v) is 9.03. The largest absolute Gasteiger partial charge is 0.472 e. The van der Waals surface area contributed by atoms with Crippen molar-refractivity contribution in [2.45, 2.75) is 155 Å². The van der Waals surface area contributed by atoms with Crippen molar-refractivity contribution in [3.05, 3.63) is 85.1 Å². The first-order valence-corrected chi connectivity index (χ1v) is 22.1. The molecule has 0 bridgehead atoms. The Morgan fingerprint density at radius 2 is 1.02 bits per heavy atom. The number of unbranched alkanes of at least 4 members (excludes halogenated alkanes) is 10. The van der Waals surface area contributed by atoms with Crippen molar-refractivity contribution < 1.29 is 37.6 Å². The van der Waals surface area contributed by atoms with Crippen molar-refractivity contribution in [3.63, 3.8) is 0 Å². The van der Waals surface area contributed by atoms with Crippen LogP contribution in [-0.2, 0) is 32.7 Å². The molecule has 9 nitrogen and oxygen atoms in total. The first kappa shape index (κ1) is 51.2. The number of carbonyl (C=O) groups excluding carboxylic acids is 2. The maximum Gasteiger partial charge on any atom is 0.472 e. The second-order valence-electron chi connectivity index (χ2n) is 13.1. The fourth-order valence-electron chi connectivity index (χ4n) is 5.03. The zero-order chi connectivity index (χ0) is 39.6. The highest BCUT2D eigenvalue weighted by atomic mass is 31.2. The molecule has 2 atom stereocenters. The van der Waals surface area contributed by atoms with Gasteiger partial charge in [0.1, 0.15) is 6.61 Å². The Morgan fingerprint density at radius 3 is 1.50 bits per heavy atom. The van der Waals surface area contributed by atoms with Crippen LogP contribution < -0.4 is 5.73 Å². The molecule has 0 radical (unpaired) electrons. The zero-order valence-electron chi connectivity index (χ0n) is 33.7. The smallest absolute Gasteiger partial charge is 0.462 e. The minimum Gasteiger partial charge on any atom is -0.462 e. The Balaban J connectivity index is 4.29. The summed E-state index contributed by atoms with van der Waals surface area (Å²) >= 11 is 0. The van der Waals surface area contributed by atoms with Crippen LogP contribution in [0.25, 0.3) is 0 Å². The van der Waals surface area contributed by atoms with Gasteiger partial charge in [0.25, 0.3) is 0 Å². The summed E-state index contributed by atoms with van der Waals surface area (Å²) in [6, 6.07) is 0. The van der Waals surface area contributed by atoms with E-state index in [9.17, 15) is 19.0 Å². The Kier molecular flexibility index (Phi) is 37.8. The predicted octanol–water partition coefficient (Wildman–Crippen LogP) is 11.7. The van der Waals surface area contributed by atoms with Gasteiger partial charge in [0.2, 0.25) is 0 Å². The molecule has 0 aliphatic carbocycles. The molecule has 0 rings (SSSR count). The van der Waals surface area contributed by atoms with Gasteiger partial charge in [-0.2, -0.15) is 0 Å². The average Bonchev–Trinajstić information content (AvgIpc) is 3.16. The molecule has 0 amide bonds. The molecular formula is C44H74NO8P. The van der Waals surface area contributed by atoms with Gasteiger partial charge in [-0.1, -0.05) is 157 Å². The van der Waals surface area contributed by atoms with Crippen molar-refractivity contribution in [3.8, 4) is 0 Å². The van der Waals surface area contributed by atoms with Gasteiger partial charge in [-0.15, -0.1) is 0 Å². The number of esters is 2. The number of carbonyl (C=O) groups is 2. The van der Waals surface area contributed by atoms with Crippen LogP contribution >= 0.6 is 7.82 Å². The number of phosphoric acid groups is 1. The Morgan fingerprint density at radius 1 is 0.574 bits per heavy atom. The molecule has 3 N–H and O–H groups in total. The molecule has 2 unspecified atom stereocenters. The molecule has 0 aliphatic heterocycles. The number of allylic oxidation sites excluding steroid dienone is 14. The molecule has 0 heterocycles. The molecule has 0 fully saturated rings. The van der Waals surface area contributed by atoms with E-state index in [0.29, 0.717) is 12.8 Å². The van der Waals surface area contributed by atoms with E-state index in [2.05, 4.69) is 92.8 Å². The first-order chi connectivity index (χ1) is 26.3. The lowest BCUT2D eigenvalue weighted by molar-refractivity contribution is -0.161. The number of hydrogen-bond acceptors (Lipinski definition) is 8. The lowest BCUT2D eigenvalue weighted by atomic mass is 10.1. The third-order valence-electron chi connectivity index (χ3n) is 8.05. The molecule has 0 saturated heterocycles. The van der Waals surface area contributed by atoms with Gasteiger partial charge in [-0.25, -0.2) is 4.57 Å². The number of phosphoric ester groups is 1. The summed E-state index contributed by atoms with van der Waals surface area (Å²) in [5.74, 6) is -0.908. The summed E-state index contributed by atoms with van der Waals surface area (Å²) in [5, 5.41) is 0. The lowest BCUT2D eigenvalue weighted by Crippen LogP contribution is -2.29. The van der Waals surface area contributed by atoms with E-state index in [1.54, 1.807) is 0 Å². The lowest BCUT2D eigenvalue weighted by Gasteiger charge is -2.19. The summed E-state index contributed by atoms with van der Waals surface area (Å²) in [7, 11) is -4.39. The zero-order valence-corrected chi connectivity index (χ0v) is 34.6. The highest BCUT2D eigenvalue weighted by Gasteiger charge is 2.25. The molecule has 0 aromatic heterocycles. The molecule has 0 aliphatic rings. The van der Waals surface area contributed by atoms with Gasteiger partial charge < -0.3 is 20.1 Å². The SMILES string of the molecule is CC/C=C\C/C=C\C/C=C\C/C=C\C/C=C\C/C=C\C/C=C\CCCC(=O)OC(COC(=O)CCCCCCCCCCCC)COP(=O)(O)OCCN. The first-order valence-electron chi connectivity index (χ1n) is 20.6. The molecule has 0 aromatic rings. The number of ether oxygens (including phenoxy) is 2. The molecule has 0 aromatic carbocycles. The minimum absolute atomic E-state index is 0.0404. The molecule has 0 saturated carbocycles. The van der Waals surface area contributed by atoms with Crippen molar-refractivity contribution in [1.29, 1.82) is 0 Å². The fraction of sp³-hybridized carbons (Fsp3) is 0.636. The van der Waals surface area contributed by atoms with Crippen LogP contribution in [0.4, 0.5) is 0 Å². The molecule has 10 heteroatoms. The van der Waals surface area contributed by atoms with Crippen LogP contribution in [0.2, 0.25) is 0 Å². The van der Waals surface area contributed by atoms with Gasteiger partial charge in [0.05, 0.1) is 13.2 Å². The predicted molar refractivity (Wildman–Crippen MR) is 224 cm³/mol. The quantitative estimate of drug-likeness (QED) is 0.0274. The molecular weight excluding hydrogens is 701 g/mol. The summed E-state index contributed by atoms with van der Waals surface area (Å²) in [4.78, 5) is 34.7. The standard InChI is InChI=1S/C44H74NO8P/c1-3-5-7-9-11-13-15-16-17-18-19-20-21-22-23-24-25-26-27-29-31-33-35-37-44(47)53-42(41-52-54(48,49)51-39-38-45)40-50-43(46)36-34-32-30-28-14-12-10-8-6-4-2/h5,7,11,13,16-17,19-20,22-23,25-26,29,31,42H,3-4,6,8-10,12,14-15,18,21,24,27-28,30,32-41,45H2,1-2H3,(H,48,49)/b7-5-,13-11-,17-16-,20-19-,23-22-,26-25-,31-29-. The van der Waals surface area contributed by atoms with Crippen LogP contribution in [-0.4, -0.2) is 49.3 Å². The summed E-state index contributed by atoms with van der Waals surface area (Å²) < 4.78 is 32.6. The summed E-state index contributed by atoms with van der Waals surface area (Å²) in [6.45, 7) is 3.51. The molecule has 0 spiro atoms. The Bertz CT molecular complexity index is 1160. The van der Waals surface area contributed by atoms with E-state index in [-0.39, 0.29) is 32.6 Å². The van der Waals surface area contributed by atoms with E-state index in [0.717, 1.165) is 64.2 Å². The van der Waals surface area contributed by atoms with E-state index < -0.39 is 32.5 Å². The fourth-order valence-corrected chi connectivity index (χ4v) is 5.80. The summed E-state index contributed by atoms with van der Waals surface area (Å²) in [6.07, 6.45) is 49.1. The van der Waals surface area contributed by atoms with Crippen molar-refractivity contribution in [2.24, 2.45) is 5.73 Å². The van der Waals surface area contributed by atoms with E-state index in [4.69, 9.17) is 24.3 Å². The van der Waals surface area contributed by atoms with Gasteiger partial charge in [-0.05, 0) is 64.2 Å². The maximum atomic E-state index is 12.5. The number of hydrogen-bond donors (Lipinski definition) is 2. The van der Waals surface area contributed by atoms with Gasteiger partial charge in [-0.3, -0.25) is 18.6 Å². The van der Waals surface area contributed by atoms with Gasteiger partial charge in [0.15, 0.2) is 6.10 Å². The van der Waals surface area contributed by atoms with E-state index in [1.807, 2.05) is 6.08 Å². The number of nitrogens with two attached hydrogens (primary N) is 1. The Hall–Kier alpha value is -2.81. The van der Waals surface area contributed by atoms with Crippen molar-refractivity contribution in [2.75, 3.05) is 26.4 Å². The van der Waals surface area contributed by atoms with Crippen LogP contribution in [0.5, 0.6) is 0 Å². The Labute approximate surface area is 328 Å². The highest BCUT2D eigenvalue weighted by Crippen LogP contribution is 2.43. The normalized spacial score (nSPS) is 14.2. The second kappa shape index (κ2) is 39.9. The molecule has 54 heavy (non-hydrogen) atoms. The monoisotopic (exact) mass is 776 g/mol. The minimum atomic E-state index is -4.39. The van der Waals surface area contributed by atoms with E-state index >= 15 is 0 Å². The maximum absolute atomic E-state index is 12.5. The third kappa shape index (κ3) is 38.9. The van der Waals surface area contributed by atoms with Gasteiger partial charge in [0, 0.05) is 19.4 Å². The van der Waals surface area contributed by atoms with Crippen LogP contribution in [0.3, 0.4) is 0 Å². The van der Waals surface area contributed by atoms with Crippen molar-refractivity contribution >= 4 is 19.8 Å². The second-order valence-corrected chi connectivity index (χ2v) is 14.6.